The van der Waals surface area contributed by atoms with Crippen LogP contribution in [0, 0.1) is 6.92 Å². The summed E-state index contributed by atoms with van der Waals surface area (Å²) < 4.78 is 0. The van der Waals surface area contributed by atoms with E-state index in [4.69, 9.17) is 0 Å². The van der Waals surface area contributed by atoms with Crippen LogP contribution in [-0.4, -0.2) is 0 Å². The summed E-state index contributed by atoms with van der Waals surface area (Å²) in [7, 11) is 0. The molecule has 4 fully saturated rings. The zero-order chi connectivity index (χ0) is 92.9. The highest BCUT2D eigenvalue weighted by Crippen LogP contribution is 2.60. The molecule has 0 radical (unpaired) electrons. The second kappa shape index (κ2) is 37.9. The molecule has 10 aliphatic carbocycles. The maximum atomic E-state index is 2.54. The van der Waals surface area contributed by atoms with E-state index in [0.29, 0.717) is 0 Å². The van der Waals surface area contributed by atoms with Gasteiger partial charge in [0.25, 0.3) is 0 Å². The lowest BCUT2D eigenvalue weighted by Crippen LogP contribution is -2.21. The van der Waals surface area contributed by atoms with Crippen molar-refractivity contribution in [1.82, 2.24) is 0 Å². The van der Waals surface area contributed by atoms with Crippen molar-refractivity contribution in [1.29, 1.82) is 0 Å². The van der Waals surface area contributed by atoms with Crippen LogP contribution in [0.25, 0.3) is 87.6 Å². The van der Waals surface area contributed by atoms with Gasteiger partial charge in [0.2, 0.25) is 0 Å². The molecule has 0 N–H and O–H groups in total. The van der Waals surface area contributed by atoms with Gasteiger partial charge in [-0.25, -0.2) is 0 Å². The van der Waals surface area contributed by atoms with Crippen LogP contribution in [0.2, 0.25) is 0 Å². The van der Waals surface area contributed by atoms with Gasteiger partial charge < -0.3 is 19.6 Å². The first kappa shape index (κ1) is 86.2. The Balaban J connectivity index is 0.0000000985. The third-order valence-electron chi connectivity index (χ3n) is 32.5. The molecule has 0 spiro atoms. The lowest BCUT2D eigenvalue weighted by atomic mass is 9.66. The van der Waals surface area contributed by atoms with E-state index < -0.39 is 0 Å². The second-order valence-electron chi connectivity index (χ2n) is 40.6. The topological polar surface area (TPSA) is 13.0 Å². The highest BCUT2D eigenvalue weighted by Gasteiger charge is 2.41. The number of fused-ring (bicyclic) bond motifs is 19. The molecule has 0 aromatic heterocycles. The molecule has 680 valence electrons. The van der Waals surface area contributed by atoms with Crippen LogP contribution in [0.1, 0.15) is 194 Å². The van der Waals surface area contributed by atoms with E-state index in [1.165, 1.54) is 258 Å². The second-order valence-corrected chi connectivity index (χ2v) is 40.6. The van der Waals surface area contributed by atoms with Gasteiger partial charge in [-0.2, -0.15) is 0 Å². The van der Waals surface area contributed by atoms with Crippen molar-refractivity contribution < 1.29 is 0 Å². The molecule has 0 amide bonds. The molecule has 8 bridgehead atoms. The molecule has 6 unspecified atom stereocenters. The number of rotatable bonds is 16. The third-order valence-corrected chi connectivity index (χ3v) is 32.5. The maximum Gasteiger partial charge on any atom is 0.0546 e. The number of aryl methyl sites for hydroxylation is 1. The van der Waals surface area contributed by atoms with E-state index in [9.17, 15) is 0 Å². The van der Waals surface area contributed by atoms with Crippen LogP contribution in [0.4, 0.5) is 68.2 Å². The smallest absolute Gasteiger partial charge is 0.0546 e. The van der Waals surface area contributed by atoms with Crippen LogP contribution < -0.4 is 19.6 Å². The Bertz CT molecular complexity index is 7750. The number of hydrogen-bond acceptors (Lipinski definition) is 4. The van der Waals surface area contributed by atoms with Crippen LogP contribution in [0.15, 0.2) is 455 Å². The molecule has 0 saturated heterocycles. The van der Waals surface area contributed by atoms with Crippen LogP contribution >= 0.6 is 0 Å². The minimum absolute atomic E-state index is 0.724. The largest absolute Gasteiger partial charge is 0.310 e. The summed E-state index contributed by atoms with van der Waals surface area (Å²) in [5.74, 6) is 6.06. The number of anilines is 12. The molecule has 0 heterocycles. The molecule has 30 rings (SSSR count). The SMILES string of the molecule is Cc1cc(-c2cc3ccccc3cc2N(c2ccccc2)c2ccccc2)cc2c1C1CCC2C1.c1ccc(N(c2ccccc2)c2cc3ccccc3cc2-c2ccc3c(c2)C2CCC3C2)cc1.c1ccc(N(c2ccccc2)c2cc3ccccc3cc2-c2ccc3c(c2)C2CCC3CC2)cc1.c1ccc(N(c2ccccc2)c2cc3ccccc3cc2-c2ccc3c(c2)C2CCCC3CC2)cc1. The van der Waals surface area contributed by atoms with Crippen molar-refractivity contribution in [2.24, 2.45) is 0 Å². The Morgan fingerprint density at radius 3 is 0.679 bits per heavy atom. The summed E-state index contributed by atoms with van der Waals surface area (Å²) >= 11 is 0. The van der Waals surface area contributed by atoms with Crippen molar-refractivity contribution in [3.8, 4) is 44.5 Å². The van der Waals surface area contributed by atoms with Crippen molar-refractivity contribution in [3.63, 3.8) is 0 Å². The van der Waals surface area contributed by atoms with E-state index in [1.54, 1.807) is 44.5 Å². The normalized spacial score (nSPS) is 18.3. The summed E-state index contributed by atoms with van der Waals surface area (Å²) in [6.45, 7) is 2.33. The van der Waals surface area contributed by atoms with Gasteiger partial charge in [0, 0.05) is 67.8 Å². The zero-order valence-corrected chi connectivity index (χ0v) is 79.8. The van der Waals surface area contributed by atoms with Crippen molar-refractivity contribution in [2.75, 3.05) is 19.6 Å². The Kier molecular flexibility index (Phi) is 23.3. The van der Waals surface area contributed by atoms with Gasteiger partial charge in [-0.15, -0.1) is 0 Å². The minimum atomic E-state index is 0.724. The standard InChI is InChI=1S/C35H31N.2C34H29N.C33H27N/c1-3-14-30(15-4-1)36(31-16-5-2-6-17-31)35-24-28-11-8-7-10-27(28)22-34(35)29-20-21-32-25-12-9-13-26(19-18-25)33(32)23-29;1-23-18-28(21-32-26-16-17-27(19-26)34(23)32)31-20-24-10-8-9-11-25(24)22-33(31)35(29-12-4-2-5-13-29)30-14-6-3-7-15-30;1-3-11-29(12-4-1)35(30-13-5-2-6-14-30)34-23-27-10-8-7-9-26(27)21-33(34)28-19-20-31-24-15-17-25(18-16-24)32(31)22-28;1-3-11-28(12-4-1)34(29-13-5-2-6-14-29)33-22-24-10-8-7-9-23(24)20-32(33)27-17-18-30-25-15-16-26(19-25)31(30)21-27/h1-8,10-11,14-17,20-26H,9,12-13,18-19H2;2-15,18,20-22,26-27H,16-17,19H2,1H3;1-14,19-25H,15-18H2;1-14,17-18,20-22,25-26H,15-16,19H2. The Labute approximate surface area is 825 Å². The molecule has 20 aromatic rings. The molecule has 0 aliphatic heterocycles. The van der Waals surface area contributed by atoms with Crippen molar-refractivity contribution >= 4 is 111 Å². The van der Waals surface area contributed by atoms with E-state index >= 15 is 0 Å². The van der Waals surface area contributed by atoms with Gasteiger partial charge in [0.15, 0.2) is 0 Å². The van der Waals surface area contributed by atoms with E-state index in [-0.39, 0.29) is 0 Å². The average Bonchev–Trinajstić information content (AvgIpc) is 1.12. The molecule has 10 aliphatic rings. The molecule has 4 heteroatoms. The van der Waals surface area contributed by atoms with Crippen molar-refractivity contribution in [3.05, 3.63) is 505 Å². The molecular formula is C136H116N4. The molecule has 4 nitrogen and oxygen atoms in total. The monoisotopic (exact) mass is 1800 g/mol. The van der Waals surface area contributed by atoms with Crippen LogP contribution in [-0.2, 0) is 0 Å². The highest BCUT2D eigenvalue weighted by atomic mass is 15.2. The van der Waals surface area contributed by atoms with Crippen LogP contribution in [0.3, 0.4) is 0 Å². The third kappa shape index (κ3) is 16.6. The van der Waals surface area contributed by atoms with E-state index in [1.807, 2.05) is 0 Å². The quantitative estimate of drug-likeness (QED) is 0.0956. The lowest BCUT2D eigenvalue weighted by molar-refractivity contribution is 0.359. The van der Waals surface area contributed by atoms with Crippen LogP contribution in [0.5, 0.6) is 0 Å². The predicted molar refractivity (Wildman–Crippen MR) is 592 cm³/mol. The Morgan fingerprint density at radius 1 is 0.164 bits per heavy atom. The molecule has 20 aromatic carbocycles. The van der Waals surface area contributed by atoms with Gasteiger partial charge in [-0.1, -0.05) is 316 Å². The Hall–Kier alpha value is -15.4. The molecule has 4 saturated carbocycles. The van der Waals surface area contributed by atoms with Gasteiger partial charge in [-0.05, 0) is 405 Å². The fourth-order valence-corrected chi connectivity index (χ4v) is 25.9. The number of para-hydroxylation sites is 8. The van der Waals surface area contributed by atoms with Gasteiger partial charge >= 0.3 is 0 Å². The van der Waals surface area contributed by atoms with Gasteiger partial charge in [0.1, 0.15) is 0 Å². The van der Waals surface area contributed by atoms with Gasteiger partial charge in [-0.3, -0.25) is 0 Å². The molecular weight excluding hydrogens is 1690 g/mol. The van der Waals surface area contributed by atoms with E-state index in [2.05, 4.69) is 482 Å². The van der Waals surface area contributed by atoms with Gasteiger partial charge in [0.05, 0.1) is 22.7 Å². The number of benzene rings is 20. The fraction of sp³-hybridized carbons (Fsp3) is 0.176. The first-order valence-corrected chi connectivity index (χ1v) is 51.6. The zero-order valence-electron chi connectivity index (χ0n) is 79.8. The minimum Gasteiger partial charge on any atom is -0.310 e. The fourth-order valence-electron chi connectivity index (χ4n) is 25.9. The summed E-state index contributed by atoms with van der Waals surface area (Å²) in [5.41, 5.74) is 39.2. The first-order chi connectivity index (χ1) is 69.3. The maximum absolute atomic E-state index is 2.54. The van der Waals surface area contributed by atoms with E-state index in [0.717, 1.165) is 47.3 Å². The predicted octanol–water partition coefficient (Wildman–Crippen LogP) is 38.8. The molecule has 6 atom stereocenters. The summed E-state index contributed by atoms with van der Waals surface area (Å²) in [6, 6.07) is 167. The average molecular weight is 1810 g/mol. The lowest BCUT2D eigenvalue weighted by Gasteiger charge is -2.38. The summed E-state index contributed by atoms with van der Waals surface area (Å²) in [6.07, 6.45) is 20.4. The van der Waals surface area contributed by atoms with Crippen molar-refractivity contribution in [2.45, 2.75) is 151 Å². The first-order valence-electron chi connectivity index (χ1n) is 51.6. The Morgan fingerprint density at radius 2 is 0.371 bits per heavy atom. The summed E-state index contributed by atoms with van der Waals surface area (Å²) in [4.78, 5) is 9.64. The number of nitrogens with zero attached hydrogens (tertiary/aromatic N) is 4. The molecule has 140 heavy (non-hydrogen) atoms. The highest BCUT2D eigenvalue weighted by molar-refractivity contribution is 6.04. The number of hydrogen-bond donors (Lipinski definition) is 0. The summed E-state index contributed by atoms with van der Waals surface area (Å²) in [5, 5.41) is 10.2.